The first-order valence-corrected chi connectivity index (χ1v) is 7.21. The fourth-order valence-electron chi connectivity index (χ4n) is 1.69. The van der Waals surface area contributed by atoms with E-state index in [9.17, 15) is 0 Å². The predicted octanol–water partition coefficient (Wildman–Crippen LogP) is 3.49. The Labute approximate surface area is 127 Å². The van der Waals surface area contributed by atoms with Gasteiger partial charge in [0.25, 0.3) is 0 Å². The number of nitrogens with zero attached hydrogens (tertiary/aromatic N) is 2. The van der Waals surface area contributed by atoms with Crippen LogP contribution in [0.1, 0.15) is 22.5 Å². The molecular formula is C14H15ClN4S. The van der Waals surface area contributed by atoms with Crippen molar-refractivity contribution in [2.24, 2.45) is 5.73 Å². The Balaban J connectivity index is 2.42. The van der Waals surface area contributed by atoms with Crippen LogP contribution in [0.3, 0.4) is 0 Å². The molecule has 1 heterocycles. The zero-order valence-electron chi connectivity index (χ0n) is 11.5. The van der Waals surface area contributed by atoms with Gasteiger partial charge in [-0.3, -0.25) is 5.41 Å². The van der Waals surface area contributed by atoms with Crippen molar-refractivity contribution < 1.29 is 0 Å². The van der Waals surface area contributed by atoms with Gasteiger partial charge in [0.1, 0.15) is 5.84 Å². The van der Waals surface area contributed by atoms with E-state index < -0.39 is 0 Å². The third-order valence-electron chi connectivity index (χ3n) is 3.05. The van der Waals surface area contributed by atoms with Crippen LogP contribution in [0, 0.1) is 26.2 Å². The van der Waals surface area contributed by atoms with E-state index in [-0.39, 0.29) is 5.84 Å². The van der Waals surface area contributed by atoms with Crippen LogP contribution in [0.25, 0.3) is 0 Å². The second-order valence-corrected chi connectivity index (χ2v) is 5.90. The van der Waals surface area contributed by atoms with Gasteiger partial charge in [0.05, 0.1) is 0 Å². The molecule has 1 aromatic carbocycles. The molecule has 0 unspecified atom stereocenters. The number of halogens is 1. The van der Waals surface area contributed by atoms with Crippen LogP contribution < -0.4 is 5.73 Å². The monoisotopic (exact) mass is 306 g/mol. The van der Waals surface area contributed by atoms with E-state index in [1.165, 1.54) is 11.8 Å². The Morgan fingerprint density at radius 1 is 1.20 bits per heavy atom. The van der Waals surface area contributed by atoms with Gasteiger partial charge in [-0.05, 0) is 56.3 Å². The van der Waals surface area contributed by atoms with Gasteiger partial charge in [0.2, 0.25) is 0 Å². The third-order valence-corrected chi connectivity index (χ3v) is 4.22. The lowest BCUT2D eigenvalue weighted by Gasteiger charge is -2.10. The molecule has 0 spiro atoms. The van der Waals surface area contributed by atoms with Crippen LogP contribution in [0.4, 0.5) is 0 Å². The lowest BCUT2D eigenvalue weighted by molar-refractivity contribution is 0.881. The summed E-state index contributed by atoms with van der Waals surface area (Å²) in [4.78, 5) is 9.74. The molecule has 3 N–H and O–H groups in total. The normalized spacial score (nSPS) is 10.6. The molecule has 20 heavy (non-hydrogen) atoms. The minimum Gasteiger partial charge on any atom is -0.384 e. The average Bonchev–Trinajstić information content (AvgIpc) is 2.37. The summed E-state index contributed by atoms with van der Waals surface area (Å²) in [5.41, 5.74) is 9.20. The molecule has 0 fully saturated rings. The molecule has 2 aromatic rings. The maximum atomic E-state index is 7.62. The smallest absolute Gasteiger partial charge is 0.192 e. The Morgan fingerprint density at radius 3 is 2.35 bits per heavy atom. The number of hydrogen-bond donors (Lipinski definition) is 2. The highest BCUT2D eigenvalue weighted by Crippen LogP contribution is 2.30. The molecule has 2 rings (SSSR count). The first kappa shape index (κ1) is 14.8. The van der Waals surface area contributed by atoms with Gasteiger partial charge in [0, 0.05) is 26.9 Å². The summed E-state index contributed by atoms with van der Waals surface area (Å²) < 4.78 is 0. The molecule has 0 saturated carbocycles. The summed E-state index contributed by atoms with van der Waals surface area (Å²) in [5, 5.41) is 8.82. The van der Waals surface area contributed by atoms with Crippen LogP contribution in [0.5, 0.6) is 0 Å². The van der Waals surface area contributed by atoms with Crippen molar-refractivity contribution in [1.82, 2.24) is 9.97 Å². The van der Waals surface area contributed by atoms with Gasteiger partial charge in [-0.2, -0.15) is 0 Å². The summed E-state index contributed by atoms with van der Waals surface area (Å²) in [6.07, 6.45) is 0. The molecule has 0 aliphatic rings. The van der Waals surface area contributed by atoms with E-state index in [0.29, 0.717) is 15.7 Å². The first-order valence-electron chi connectivity index (χ1n) is 6.02. The van der Waals surface area contributed by atoms with Crippen molar-refractivity contribution in [3.05, 3.63) is 45.7 Å². The van der Waals surface area contributed by atoms with Crippen LogP contribution in [-0.2, 0) is 0 Å². The van der Waals surface area contributed by atoms with Crippen molar-refractivity contribution in [1.29, 1.82) is 5.41 Å². The lowest BCUT2D eigenvalue weighted by atomic mass is 10.2. The topological polar surface area (TPSA) is 75.7 Å². The number of nitrogen functional groups attached to an aromatic ring is 1. The Kier molecular flexibility index (Phi) is 4.30. The number of aryl methyl sites for hydroxylation is 2. The molecule has 0 radical (unpaired) electrons. The van der Waals surface area contributed by atoms with Crippen molar-refractivity contribution in [3.63, 3.8) is 0 Å². The van der Waals surface area contributed by atoms with Gasteiger partial charge in [-0.15, -0.1) is 0 Å². The maximum Gasteiger partial charge on any atom is 0.192 e. The zero-order chi connectivity index (χ0) is 14.9. The number of benzene rings is 1. The van der Waals surface area contributed by atoms with Crippen molar-refractivity contribution in [2.45, 2.75) is 30.8 Å². The first-order chi connectivity index (χ1) is 9.38. The highest BCUT2D eigenvalue weighted by molar-refractivity contribution is 7.99. The highest BCUT2D eigenvalue weighted by Gasteiger charge is 2.11. The van der Waals surface area contributed by atoms with E-state index in [0.717, 1.165) is 21.8 Å². The van der Waals surface area contributed by atoms with Crippen LogP contribution >= 0.6 is 23.4 Å². The standard InChI is InChI=1S/C14H15ClN4S/c1-7-8(2)18-14(19-9(7)3)20-12-5-4-10(15)6-11(12)13(16)17/h4-6H,1-3H3,(H3,16,17). The molecule has 0 saturated heterocycles. The van der Waals surface area contributed by atoms with E-state index in [1.54, 1.807) is 12.1 Å². The Hall–Kier alpha value is -1.59. The average molecular weight is 307 g/mol. The third kappa shape index (κ3) is 3.11. The minimum atomic E-state index is -0.0180. The second kappa shape index (κ2) is 5.81. The number of aromatic nitrogens is 2. The quantitative estimate of drug-likeness (QED) is 0.517. The van der Waals surface area contributed by atoms with E-state index in [2.05, 4.69) is 9.97 Å². The van der Waals surface area contributed by atoms with E-state index in [4.69, 9.17) is 22.7 Å². The van der Waals surface area contributed by atoms with Crippen molar-refractivity contribution in [2.75, 3.05) is 0 Å². The van der Waals surface area contributed by atoms with Gasteiger partial charge in [-0.25, -0.2) is 9.97 Å². The van der Waals surface area contributed by atoms with Crippen LogP contribution in [-0.4, -0.2) is 15.8 Å². The molecular weight excluding hydrogens is 292 g/mol. The fourth-order valence-corrected chi connectivity index (χ4v) is 2.84. The minimum absolute atomic E-state index is 0.0180. The summed E-state index contributed by atoms with van der Waals surface area (Å²) in [7, 11) is 0. The highest BCUT2D eigenvalue weighted by atomic mass is 35.5. The Bertz CT molecular complexity index is 662. The number of nitrogens with two attached hydrogens (primary N) is 1. The summed E-state index contributed by atoms with van der Waals surface area (Å²) in [6, 6.07) is 5.28. The number of hydrogen-bond acceptors (Lipinski definition) is 4. The van der Waals surface area contributed by atoms with Crippen molar-refractivity contribution >= 4 is 29.2 Å². The van der Waals surface area contributed by atoms with Gasteiger partial charge < -0.3 is 5.73 Å². The summed E-state index contributed by atoms with van der Waals surface area (Å²) >= 11 is 7.33. The molecule has 104 valence electrons. The lowest BCUT2D eigenvalue weighted by Crippen LogP contribution is -2.12. The molecule has 0 amide bonds. The fraction of sp³-hybridized carbons (Fsp3) is 0.214. The molecule has 0 aliphatic heterocycles. The van der Waals surface area contributed by atoms with E-state index in [1.807, 2.05) is 26.8 Å². The van der Waals surface area contributed by atoms with Gasteiger partial charge in [-0.1, -0.05) is 11.6 Å². The summed E-state index contributed by atoms with van der Waals surface area (Å²) in [6.45, 7) is 5.92. The molecule has 0 aliphatic carbocycles. The molecule has 4 nitrogen and oxygen atoms in total. The maximum absolute atomic E-state index is 7.62. The van der Waals surface area contributed by atoms with Gasteiger partial charge >= 0.3 is 0 Å². The SMILES string of the molecule is Cc1nc(Sc2ccc(Cl)cc2C(=N)N)nc(C)c1C. The largest absolute Gasteiger partial charge is 0.384 e. The van der Waals surface area contributed by atoms with Gasteiger partial charge in [0.15, 0.2) is 5.16 Å². The van der Waals surface area contributed by atoms with Crippen LogP contribution in [0.2, 0.25) is 5.02 Å². The molecule has 0 bridgehead atoms. The van der Waals surface area contributed by atoms with Crippen molar-refractivity contribution in [3.8, 4) is 0 Å². The zero-order valence-corrected chi connectivity index (χ0v) is 13.1. The predicted molar refractivity (Wildman–Crippen MR) is 82.8 cm³/mol. The number of amidine groups is 1. The summed E-state index contributed by atoms with van der Waals surface area (Å²) in [5.74, 6) is -0.0180. The molecule has 1 aromatic heterocycles. The molecule has 0 atom stereocenters. The second-order valence-electron chi connectivity index (χ2n) is 4.46. The Morgan fingerprint density at radius 2 is 1.80 bits per heavy atom. The number of rotatable bonds is 3. The van der Waals surface area contributed by atoms with E-state index >= 15 is 0 Å². The molecule has 6 heteroatoms. The number of nitrogens with one attached hydrogen (secondary N) is 1. The van der Waals surface area contributed by atoms with Crippen LogP contribution in [0.15, 0.2) is 28.3 Å².